The molecule has 0 bridgehead atoms. The molecular formula is C18H28O3. The summed E-state index contributed by atoms with van der Waals surface area (Å²) in [6.07, 6.45) is 0.481. The molecule has 0 heterocycles. The normalized spacial score (nSPS) is 14.0. The number of aromatic hydroxyl groups is 1. The maximum Gasteiger partial charge on any atom is 0.306 e. The SMILES string of the molecule is CC(Cc1c(C(C)(C)C)cc(O)cc1C(C)(C)C)C(=O)O. The lowest BCUT2D eigenvalue weighted by Crippen LogP contribution is -2.24. The molecule has 2 N–H and O–H groups in total. The minimum absolute atomic E-state index is 0.147. The Bertz CT molecular complexity index is 495. The lowest BCUT2D eigenvalue weighted by atomic mass is 9.74. The largest absolute Gasteiger partial charge is 0.508 e. The molecule has 0 aromatic heterocycles. The molecule has 1 atom stereocenters. The van der Waals surface area contributed by atoms with E-state index < -0.39 is 11.9 Å². The van der Waals surface area contributed by atoms with Crippen LogP contribution in [0, 0.1) is 5.92 Å². The van der Waals surface area contributed by atoms with Crippen LogP contribution in [0.3, 0.4) is 0 Å². The predicted molar refractivity (Wildman–Crippen MR) is 86.0 cm³/mol. The summed E-state index contributed by atoms with van der Waals surface area (Å²) in [5, 5.41) is 19.3. The van der Waals surface area contributed by atoms with Gasteiger partial charge in [-0.1, -0.05) is 48.5 Å². The van der Waals surface area contributed by atoms with Gasteiger partial charge in [0.2, 0.25) is 0 Å². The first-order valence-corrected chi connectivity index (χ1v) is 7.43. The number of benzene rings is 1. The number of hydrogen-bond donors (Lipinski definition) is 2. The molecule has 118 valence electrons. The number of hydrogen-bond acceptors (Lipinski definition) is 2. The Morgan fingerprint density at radius 1 is 1.05 bits per heavy atom. The second kappa shape index (κ2) is 5.70. The van der Waals surface area contributed by atoms with E-state index in [9.17, 15) is 15.0 Å². The molecule has 3 heteroatoms. The molecule has 0 saturated heterocycles. The summed E-state index contributed by atoms with van der Waals surface area (Å²) in [7, 11) is 0. The van der Waals surface area contributed by atoms with Crippen LogP contribution in [0.1, 0.15) is 65.2 Å². The molecule has 0 amide bonds. The number of carboxylic acids is 1. The zero-order chi connectivity index (χ0) is 16.6. The van der Waals surface area contributed by atoms with Crippen molar-refractivity contribution in [1.82, 2.24) is 0 Å². The molecule has 0 aliphatic rings. The third-order valence-electron chi connectivity index (χ3n) is 3.78. The van der Waals surface area contributed by atoms with Crippen molar-refractivity contribution in [3.63, 3.8) is 0 Å². The number of carbonyl (C=O) groups is 1. The summed E-state index contributed by atoms with van der Waals surface area (Å²) >= 11 is 0. The van der Waals surface area contributed by atoms with E-state index in [2.05, 4.69) is 41.5 Å². The van der Waals surface area contributed by atoms with Gasteiger partial charge in [0.25, 0.3) is 0 Å². The molecule has 1 rings (SSSR count). The number of rotatable bonds is 3. The van der Waals surface area contributed by atoms with Gasteiger partial charge in [-0.15, -0.1) is 0 Å². The maximum atomic E-state index is 11.2. The molecule has 0 spiro atoms. The Labute approximate surface area is 128 Å². The van der Waals surface area contributed by atoms with E-state index in [4.69, 9.17) is 0 Å². The van der Waals surface area contributed by atoms with Gasteiger partial charge in [-0.2, -0.15) is 0 Å². The first-order chi connectivity index (χ1) is 9.34. The van der Waals surface area contributed by atoms with Gasteiger partial charge in [0, 0.05) is 0 Å². The summed E-state index contributed by atoms with van der Waals surface area (Å²) in [5.74, 6) is -0.990. The quantitative estimate of drug-likeness (QED) is 0.875. The predicted octanol–water partition coefficient (Wildman–Crippen LogP) is 4.25. The zero-order valence-electron chi connectivity index (χ0n) is 14.2. The second-order valence-electron chi connectivity index (χ2n) is 7.96. The average molecular weight is 292 g/mol. The molecule has 1 aromatic rings. The van der Waals surface area contributed by atoms with E-state index in [0.29, 0.717) is 6.42 Å². The zero-order valence-corrected chi connectivity index (χ0v) is 14.2. The standard InChI is InChI=1S/C18H28O3/c1-11(16(20)21)8-13-14(17(2,3)4)9-12(19)10-15(13)18(5,6)7/h9-11,19H,8H2,1-7H3,(H,20,21). The van der Waals surface area contributed by atoms with Gasteiger partial charge in [-0.25, -0.2) is 0 Å². The minimum Gasteiger partial charge on any atom is -0.508 e. The van der Waals surface area contributed by atoms with Crippen LogP contribution in [0.15, 0.2) is 12.1 Å². The van der Waals surface area contributed by atoms with Gasteiger partial charge in [0.15, 0.2) is 0 Å². The van der Waals surface area contributed by atoms with Crippen LogP contribution in [-0.4, -0.2) is 16.2 Å². The summed E-state index contributed by atoms with van der Waals surface area (Å²) < 4.78 is 0. The lowest BCUT2D eigenvalue weighted by molar-refractivity contribution is -0.141. The van der Waals surface area contributed by atoms with E-state index in [1.165, 1.54) is 0 Å². The van der Waals surface area contributed by atoms with Crippen molar-refractivity contribution in [2.75, 3.05) is 0 Å². The van der Waals surface area contributed by atoms with E-state index in [1.807, 2.05) is 0 Å². The highest BCUT2D eigenvalue weighted by molar-refractivity contribution is 5.70. The number of aliphatic carboxylic acids is 1. The summed E-state index contributed by atoms with van der Waals surface area (Å²) in [4.78, 5) is 11.2. The molecule has 0 saturated carbocycles. The molecule has 0 aliphatic heterocycles. The van der Waals surface area contributed by atoms with Crippen LogP contribution in [0.25, 0.3) is 0 Å². The van der Waals surface area contributed by atoms with Crippen molar-refractivity contribution in [2.45, 2.75) is 65.7 Å². The number of phenols is 1. The average Bonchev–Trinajstić information content (AvgIpc) is 2.27. The summed E-state index contributed by atoms with van der Waals surface area (Å²) in [6.45, 7) is 14.2. The van der Waals surface area contributed by atoms with Gasteiger partial charge in [-0.05, 0) is 46.1 Å². The molecular weight excluding hydrogens is 264 g/mol. The smallest absolute Gasteiger partial charge is 0.306 e. The monoisotopic (exact) mass is 292 g/mol. The van der Waals surface area contributed by atoms with Gasteiger partial charge in [-0.3, -0.25) is 4.79 Å². The van der Waals surface area contributed by atoms with Crippen LogP contribution in [0.2, 0.25) is 0 Å². The fourth-order valence-electron chi connectivity index (χ4n) is 2.61. The fraction of sp³-hybridized carbons (Fsp3) is 0.611. The Balaban J connectivity index is 3.57. The third-order valence-corrected chi connectivity index (χ3v) is 3.78. The highest BCUT2D eigenvalue weighted by atomic mass is 16.4. The molecule has 21 heavy (non-hydrogen) atoms. The fourth-order valence-corrected chi connectivity index (χ4v) is 2.61. The molecule has 1 unspecified atom stereocenters. The Morgan fingerprint density at radius 2 is 1.43 bits per heavy atom. The summed E-state index contributed by atoms with van der Waals surface area (Å²) in [5.41, 5.74) is 2.82. The first kappa shape index (κ1) is 17.5. The molecule has 0 aliphatic carbocycles. The van der Waals surface area contributed by atoms with E-state index >= 15 is 0 Å². The summed E-state index contributed by atoms with van der Waals surface area (Å²) in [6, 6.07) is 3.55. The van der Waals surface area contributed by atoms with Crippen molar-refractivity contribution in [1.29, 1.82) is 0 Å². The van der Waals surface area contributed by atoms with Crippen molar-refractivity contribution in [2.24, 2.45) is 5.92 Å². The Morgan fingerprint density at radius 3 is 1.71 bits per heavy atom. The Kier molecular flexibility index (Phi) is 4.76. The van der Waals surface area contributed by atoms with Gasteiger partial charge in [0.05, 0.1) is 5.92 Å². The topological polar surface area (TPSA) is 57.5 Å². The van der Waals surface area contributed by atoms with Crippen molar-refractivity contribution in [3.8, 4) is 5.75 Å². The first-order valence-electron chi connectivity index (χ1n) is 7.43. The van der Waals surface area contributed by atoms with E-state index in [1.54, 1.807) is 19.1 Å². The van der Waals surface area contributed by atoms with Crippen LogP contribution >= 0.6 is 0 Å². The highest BCUT2D eigenvalue weighted by Gasteiger charge is 2.28. The highest BCUT2D eigenvalue weighted by Crippen LogP contribution is 2.38. The van der Waals surface area contributed by atoms with E-state index in [0.717, 1.165) is 16.7 Å². The lowest BCUT2D eigenvalue weighted by Gasteiger charge is -2.31. The van der Waals surface area contributed by atoms with Crippen LogP contribution in [-0.2, 0) is 22.0 Å². The van der Waals surface area contributed by atoms with Crippen molar-refractivity contribution in [3.05, 3.63) is 28.8 Å². The van der Waals surface area contributed by atoms with Gasteiger partial charge >= 0.3 is 5.97 Å². The minimum atomic E-state index is -0.789. The number of phenolic OH excluding ortho intramolecular Hbond substituents is 1. The molecule has 0 radical (unpaired) electrons. The van der Waals surface area contributed by atoms with Crippen molar-refractivity contribution >= 4 is 5.97 Å². The molecule has 0 fully saturated rings. The molecule has 3 nitrogen and oxygen atoms in total. The van der Waals surface area contributed by atoms with Crippen LogP contribution < -0.4 is 0 Å². The Hall–Kier alpha value is -1.51. The van der Waals surface area contributed by atoms with Gasteiger partial charge < -0.3 is 10.2 Å². The van der Waals surface area contributed by atoms with Gasteiger partial charge in [0.1, 0.15) is 5.75 Å². The molecule has 1 aromatic carbocycles. The third kappa shape index (κ3) is 4.23. The van der Waals surface area contributed by atoms with Crippen LogP contribution in [0.5, 0.6) is 5.75 Å². The van der Waals surface area contributed by atoms with E-state index in [-0.39, 0.29) is 16.6 Å². The number of carboxylic acid groups (broad SMARTS) is 1. The maximum absolute atomic E-state index is 11.2. The van der Waals surface area contributed by atoms with Crippen molar-refractivity contribution < 1.29 is 15.0 Å². The van der Waals surface area contributed by atoms with Crippen LogP contribution in [0.4, 0.5) is 0 Å². The second-order valence-corrected chi connectivity index (χ2v) is 7.96.